The Labute approximate surface area is 140 Å². The number of ether oxygens (including phenoxy) is 1. The number of benzene rings is 1. The number of hydrogen-bond acceptors (Lipinski definition) is 5. The van der Waals surface area contributed by atoms with Crippen LogP contribution in [0.4, 0.5) is 5.13 Å². The maximum atomic E-state index is 12.4. The van der Waals surface area contributed by atoms with E-state index in [1.807, 2.05) is 37.4 Å². The van der Waals surface area contributed by atoms with Crippen LogP contribution in [-0.2, 0) is 11.3 Å². The number of carbonyl (C=O) groups excluding carboxylic acids is 1. The van der Waals surface area contributed by atoms with Gasteiger partial charge in [0.2, 0.25) is 0 Å². The number of morpholine rings is 1. The zero-order chi connectivity index (χ0) is 16.2. The van der Waals surface area contributed by atoms with Crippen molar-refractivity contribution in [1.82, 2.24) is 9.88 Å². The average Bonchev–Trinajstić information content (AvgIpc) is 2.95. The van der Waals surface area contributed by atoms with Gasteiger partial charge in [-0.05, 0) is 25.5 Å². The highest BCUT2D eigenvalue weighted by Crippen LogP contribution is 2.19. The third-order valence-corrected chi connectivity index (χ3v) is 4.69. The van der Waals surface area contributed by atoms with Crippen LogP contribution >= 0.6 is 11.3 Å². The van der Waals surface area contributed by atoms with E-state index in [2.05, 4.69) is 15.2 Å². The number of aromatic nitrogens is 1. The van der Waals surface area contributed by atoms with Crippen molar-refractivity contribution in [3.8, 4) is 0 Å². The molecule has 0 bridgehead atoms. The average molecular weight is 331 g/mol. The molecule has 1 aromatic carbocycles. The van der Waals surface area contributed by atoms with Crippen molar-refractivity contribution in [2.45, 2.75) is 20.4 Å². The summed E-state index contributed by atoms with van der Waals surface area (Å²) in [6.07, 6.45) is 0. The van der Waals surface area contributed by atoms with Gasteiger partial charge in [-0.1, -0.05) is 17.7 Å². The van der Waals surface area contributed by atoms with Crippen LogP contribution in [0.25, 0.3) is 0 Å². The molecule has 0 unspecified atom stereocenters. The van der Waals surface area contributed by atoms with E-state index >= 15 is 0 Å². The largest absolute Gasteiger partial charge is 0.379 e. The second-order valence-corrected chi connectivity index (χ2v) is 6.66. The Hall–Kier alpha value is -1.76. The maximum absolute atomic E-state index is 12.4. The number of hydrogen-bond donors (Lipinski definition) is 1. The topological polar surface area (TPSA) is 54.5 Å². The van der Waals surface area contributed by atoms with E-state index in [1.54, 1.807) is 0 Å². The number of nitrogens with zero attached hydrogens (tertiary/aromatic N) is 2. The van der Waals surface area contributed by atoms with Crippen LogP contribution in [0.3, 0.4) is 0 Å². The number of anilines is 1. The Balaban J connectivity index is 1.62. The molecule has 0 saturated carbocycles. The maximum Gasteiger partial charge on any atom is 0.257 e. The molecular weight excluding hydrogens is 310 g/mol. The van der Waals surface area contributed by atoms with E-state index in [1.165, 1.54) is 11.3 Å². The molecule has 2 aromatic rings. The lowest BCUT2D eigenvalue weighted by molar-refractivity contribution is 0.0337. The van der Waals surface area contributed by atoms with Gasteiger partial charge >= 0.3 is 0 Å². The van der Waals surface area contributed by atoms with Crippen molar-refractivity contribution >= 4 is 22.4 Å². The second kappa shape index (κ2) is 7.21. The molecule has 1 aromatic heterocycles. The van der Waals surface area contributed by atoms with Crippen molar-refractivity contribution < 1.29 is 9.53 Å². The van der Waals surface area contributed by atoms with E-state index in [0.29, 0.717) is 10.7 Å². The molecule has 2 heterocycles. The fourth-order valence-electron chi connectivity index (χ4n) is 2.66. The normalized spacial score (nSPS) is 15.6. The molecule has 1 aliphatic rings. The summed E-state index contributed by atoms with van der Waals surface area (Å²) in [4.78, 5) is 19.2. The fourth-order valence-corrected chi connectivity index (χ4v) is 3.35. The summed E-state index contributed by atoms with van der Waals surface area (Å²) < 4.78 is 5.35. The van der Waals surface area contributed by atoms with Crippen LogP contribution in [0.1, 0.15) is 27.2 Å². The van der Waals surface area contributed by atoms with Crippen molar-refractivity contribution in [3.63, 3.8) is 0 Å². The number of aryl methyl sites for hydroxylation is 2. The first-order chi connectivity index (χ1) is 11.1. The fraction of sp³-hybridized carbons (Fsp3) is 0.412. The Bertz CT molecular complexity index is 693. The molecule has 6 heteroatoms. The highest BCUT2D eigenvalue weighted by Gasteiger charge is 2.14. The van der Waals surface area contributed by atoms with Crippen LogP contribution in [0.2, 0.25) is 0 Å². The Kier molecular flexibility index (Phi) is 5.05. The van der Waals surface area contributed by atoms with Crippen LogP contribution in [0.15, 0.2) is 23.6 Å². The smallest absolute Gasteiger partial charge is 0.257 e. The Morgan fingerprint density at radius 1 is 1.35 bits per heavy atom. The molecule has 0 atom stereocenters. The van der Waals surface area contributed by atoms with E-state index < -0.39 is 0 Å². The molecule has 1 saturated heterocycles. The van der Waals surface area contributed by atoms with Crippen molar-refractivity contribution in [1.29, 1.82) is 0 Å². The van der Waals surface area contributed by atoms with Gasteiger partial charge in [0.1, 0.15) is 0 Å². The predicted octanol–water partition coefficient (Wildman–Crippen LogP) is 2.84. The van der Waals surface area contributed by atoms with Gasteiger partial charge in [0, 0.05) is 30.6 Å². The molecule has 1 N–H and O–H groups in total. The van der Waals surface area contributed by atoms with Gasteiger partial charge < -0.3 is 4.74 Å². The van der Waals surface area contributed by atoms with Crippen molar-refractivity contribution in [2.75, 3.05) is 31.6 Å². The molecular formula is C17H21N3O2S. The van der Waals surface area contributed by atoms with Gasteiger partial charge in [-0.3, -0.25) is 15.0 Å². The molecule has 1 aliphatic heterocycles. The van der Waals surface area contributed by atoms with Gasteiger partial charge in [-0.2, -0.15) is 0 Å². The van der Waals surface area contributed by atoms with E-state index in [0.717, 1.165) is 49.7 Å². The molecule has 3 rings (SSSR count). The Morgan fingerprint density at radius 3 is 2.87 bits per heavy atom. The van der Waals surface area contributed by atoms with Gasteiger partial charge in [0.15, 0.2) is 5.13 Å². The second-order valence-electron chi connectivity index (χ2n) is 5.81. The minimum absolute atomic E-state index is 0.102. The summed E-state index contributed by atoms with van der Waals surface area (Å²) in [6.45, 7) is 8.20. The van der Waals surface area contributed by atoms with Crippen LogP contribution in [-0.4, -0.2) is 42.1 Å². The third-order valence-electron chi connectivity index (χ3n) is 3.89. The first kappa shape index (κ1) is 16.1. The summed E-state index contributed by atoms with van der Waals surface area (Å²) in [6, 6.07) is 5.83. The number of amides is 1. The first-order valence-corrected chi connectivity index (χ1v) is 8.63. The van der Waals surface area contributed by atoms with Gasteiger partial charge in [-0.15, -0.1) is 11.3 Å². The monoisotopic (exact) mass is 331 g/mol. The molecule has 0 aliphatic carbocycles. The number of nitrogens with one attached hydrogen (secondary N) is 1. The van der Waals surface area contributed by atoms with Crippen LogP contribution < -0.4 is 5.32 Å². The molecule has 23 heavy (non-hydrogen) atoms. The molecule has 0 radical (unpaired) electrons. The van der Waals surface area contributed by atoms with Gasteiger partial charge in [0.25, 0.3) is 5.91 Å². The predicted molar refractivity (Wildman–Crippen MR) is 92.1 cm³/mol. The first-order valence-electron chi connectivity index (χ1n) is 7.75. The molecule has 122 valence electrons. The lowest BCUT2D eigenvalue weighted by Crippen LogP contribution is -2.35. The summed E-state index contributed by atoms with van der Waals surface area (Å²) in [7, 11) is 0. The highest BCUT2D eigenvalue weighted by molar-refractivity contribution is 7.13. The lowest BCUT2D eigenvalue weighted by atomic mass is 10.1. The number of carbonyl (C=O) groups is 1. The van der Waals surface area contributed by atoms with Crippen molar-refractivity contribution in [3.05, 3.63) is 46.0 Å². The standard InChI is InChI=1S/C17H21N3O2S/c1-12-3-4-15(13(2)9-12)16(21)19-17-18-14(11-23-17)10-20-5-7-22-8-6-20/h3-4,9,11H,5-8,10H2,1-2H3,(H,18,19,21). The van der Waals surface area contributed by atoms with E-state index in [4.69, 9.17) is 4.74 Å². The molecule has 0 spiro atoms. The zero-order valence-electron chi connectivity index (χ0n) is 13.5. The zero-order valence-corrected chi connectivity index (χ0v) is 14.3. The number of thiazole rings is 1. The summed E-state index contributed by atoms with van der Waals surface area (Å²) in [5, 5.41) is 5.56. The van der Waals surface area contributed by atoms with E-state index in [-0.39, 0.29) is 5.91 Å². The van der Waals surface area contributed by atoms with Crippen molar-refractivity contribution in [2.24, 2.45) is 0 Å². The molecule has 1 fully saturated rings. The summed E-state index contributed by atoms with van der Waals surface area (Å²) in [5.74, 6) is -0.102. The number of rotatable bonds is 4. The van der Waals surface area contributed by atoms with Crippen LogP contribution in [0, 0.1) is 13.8 Å². The minimum atomic E-state index is -0.102. The Morgan fingerprint density at radius 2 is 2.13 bits per heavy atom. The van der Waals surface area contributed by atoms with Crippen LogP contribution in [0.5, 0.6) is 0 Å². The summed E-state index contributed by atoms with van der Waals surface area (Å²) >= 11 is 1.47. The summed E-state index contributed by atoms with van der Waals surface area (Å²) in [5.41, 5.74) is 3.82. The van der Waals surface area contributed by atoms with Gasteiger partial charge in [-0.25, -0.2) is 4.98 Å². The third kappa shape index (κ3) is 4.16. The van der Waals surface area contributed by atoms with E-state index in [9.17, 15) is 4.79 Å². The lowest BCUT2D eigenvalue weighted by Gasteiger charge is -2.25. The quantitative estimate of drug-likeness (QED) is 0.936. The highest BCUT2D eigenvalue weighted by atomic mass is 32.1. The molecule has 5 nitrogen and oxygen atoms in total. The molecule has 1 amide bonds. The SMILES string of the molecule is Cc1ccc(C(=O)Nc2nc(CN3CCOCC3)cs2)c(C)c1. The van der Waals surface area contributed by atoms with Gasteiger partial charge in [0.05, 0.1) is 18.9 Å². The minimum Gasteiger partial charge on any atom is -0.379 e.